The summed E-state index contributed by atoms with van der Waals surface area (Å²) < 4.78 is 1.92. The third-order valence-electron chi connectivity index (χ3n) is 4.69. The summed E-state index contributed by atoms with van der Waals surface area (Å²) in [5.74, 6) is 0.992. The quantitative estimate of drug-likeness (QED) is 0.255. The molecule has 0 atom stereocenters. The highest BCUT2D eigenvalue weighted by Crippen LogP contribution is 2.22. The molecule has 1 aromatic heterocycles. The molecule has 0 aliphatic carbocycles. The fourth-order valence-electron chi connectivity index (χ4n) is 3.22. The molecular weight excluding hydrogens is 467 g/mol. The number of nitrogens with zero attached hydrogens (tertiary/aromatic N) is 4. The highest BCUT2D eigenvalue weighted by molar-refractivity contribution is 14.0. The van der Waals surface area contributed by atoms with Crippen molar-refractivity contribution in [1.82, 2.24) is 25.3 Å². The lowest BCUT2D eigenvalue weighted by Crippen LogP contribution is -2.38. The predicted molar refractivity (Wildman–Crippen MR) is 122 cm³/mol. The lowest BCUT2D eigenvalue weighted by atomic mass is 10.1. The van der Waals surface area contributed by atoms with Gasteiger partial charge >= 0.3 is 0 Å². The zero-order chi connectivity index (χ0) is 18.9. The fourth-order valence-corrected chi connectivity index (χ4v) is 3.22. The van der Waals surface area contributed by atoms with Crippen LogP contribution in [0.5, 0.6) is 0 Å². The maximum Gasteiger partial charge on any atom is 0.223 e. The molecule has 0 saturated heterocycles. The Morgan fingerprint density at radius 3 is 2.39 bits per heavy atom. The highest BCUT2D eigenvalue weighted by Gasteiger charge is 2.22. The Morgan fingerprint density at radius 1 is 1.11 bits per heavy atom. The van der Waals surface area contributed by atoms with Gasteiger partial charge in [0.2, 0.25) is 5.91 Å². The van der Waals surface area contributed by atoms with Gasteiger partial charge in [-0.25, -0.2) is 0 Å². The fraction of sp³-hybridized carbons (Fsp3) is 0.450. The number of hydrogen-bond acceptors (Lipinski definition) is 3. The van der Waals surface area contributed by atoms with Gasteiger partial charge in [-0.15, -0.1) is 24.0 Å². The van der Waals surface area contributed by atoms with Crippen molar-refractivity contribution in [1.29, 1.82) is 0 Å². The number of amides is 1. The molecule has 1 aliphatic heterocycles. The Labute approximate surface area is 183 Å². The molecule has 2 N–H and O–H groups in total. The van der Waals surface area contributed by atoms with E-state index in [-0.39, 0.29) is 29.9 Å². The van der Waals surface area contributed by atoms with E-state index in [9.17, 15) is 4.79 Å². The van der Waals surface area contributed by atoms with Crippen LogP contribution in [-0.2, 0) is 24.4 Å². The number of hydrogen-bond donors (Lipinski definition) is 2. The summed E-state index contributed by atoms with van der Waals surface area (Å²) in [5.41, 5.74) is 2.53. The second-order valence-corrected chi connectivity index (χ2v) is 6.67. The van der Waals surface area contributed by atoms with Gasteiger partial charge in [-0.1, -0.05) is 24.3 Å². The first kappa shape index (κ1) is 22.2. The molecule has 7 nitrogen and oxygen atoms in total. The van der Waals surface area contributed by atoms with Crippen LogP contribution in [0.1, 0.15) is 30.4 Å². The minimum atomic E-state index is 0. The summed E-state index contributed by atoms with van der Waals surface area (Å²) >= 11 is 0. The lowest BCUT2D eigenvalue weighted by molar-refractivity contribution is -0.131. The van der Waals surface area contributed by atoms with Crippen LogP contribution < -0.4 is 10.6 Å². The number of benzene rings is 1. The molecule has 0 spiro atoms. The Morgan fingerprint density at radius 2 is 1.79 bits per heavy atom. The van der Waals surface area contributed by atoms with Crippen molar-refractivity contribution in [3.63, 3.8) is 0 Å². The van der Waals surface area contributed by atoms with E-state index in [4.69, 9.17) is 0 Å². The molecule has 0 saturated carbocycles. The standard InChI is InChI=1S/C20H28N6O.HI/c1-21-20(23-11-5-13-26-14-6-12-24-26)22-10-4-9-19(27)25-15-17-7-2-3-8-18(17)16-25;/h2-3,6-8,12,14H,4-5,9-11,13,15-16H2,1H3,(H2,21,22,23);1H. The number of aryl methyl sites for hydroxylation is 1. The van der Waals surface area contributed by atoms with Crippen molar-refractivity contribution in [2.45, 2.75) is 38.9 Å². The molecule has 0 bridgehead atoms. The molecule has 152 valence electrons. The summed E-state index contributed by atoms with van der Waals surface area (Å²) in [6.07, 6.45) is 6.06. The van der Waals surface area contributed by atoms with Gasteiger partial charge in [0.1, 0.15) is 0 Å². The van der Waals surface area contributed by atoms with E-state index in [1.165, 1.54) is 11.1 Å². The SMILES string of the molecule is CN=C(NCCCC(=O)N1Cc2ccccc2C1)NCCCn1cccn1.I. The van der Waals surface area contributed by atoms with Crippen molar-refractivity contribution in [2.24, 2.45) is 4.99 Å². The number of rotatable bonds is 8. The van der Waals surface area contributed by atoms with Gasteiger partial charge in [-0.2, -0.15) is 5.10 Å². The van der Waals surface area contributed by atoms with Gasteiger partial charge in [0.05, 0.1) is 0 Å². The number of guanidine groups is 1. The molecule has 0 unspecified atom stereocenters. The maximum absolute atomic E-state index is 12.4. The minimum Gasteiger partial charge on any atom is -0.356 e. The molecule has 1 aromatic carbocycles. The van der Waals surface area contributed by atoms with Crippen LogP contribution in [-0.4, -0.2) is 46.7 Å². The van der Waals surface area contributed by atoms with E-state index < -0.39 is 0 Å². The molecule has 0 fully saturated rings. The van der Waals surface area contributed by atoms with Crippen molar-refractivity contribution in [2.75, 3.05) is 20.1 Å². The van der Waals surface area contributed by atoms with Crippen molar-refractivity contribution in [3.8, 4) is 0 Å². The molecule has 1 aliphatic rings. The van der Waals surface area contributed by atoms with Gasteiger partial charge in [-0.3, -0.25) is 14.5 Å². The summed E-state index contributed by atoms with van der Waals surface area (Å²) in [7, 11) is 1.76. The Hall–Kier alpha value is -2.10. The van der Waals surface area contributed by atoms with Gasteiger partial charge in [0, 0.05) is 58.6 Å². The van der Waals surface area contributed by atoms with Crippen LogP contribution in [0.25, 0.3) is 0 Å². The first-order chi connectivity index (χ1) is 13.3. The third-order valence-corrected chi connectivity index (χ3v) is 4.69. The Kier molecular flexibility index (Phi) is 9.26. The van der Waals surface area contributed by atoms with Crippen LogP contribution in [0.15, 0.2) is 47.7 Å². The lowest BCUT2D eigenvalue weighted by Gasteiger charge is -2.16. The Balaban J connectivity index is 0.00000280. The zero-order valence-electron chi connectivity index (χ0n) is 16.3. The molecule has 1 amide bonds. The molecule has 0 radical (unpaired) electrons. The third kappa shape index (κ3) is 6.50. The number of aromatic nitrogens is 2. The summed E-state index contributed by atoms with van der Waals surface area (Å²) in [6.45, 7) is 3.91. The van der Waals surface area contributed by atoms with E-state index in [1.807, 2.05) is 34.0 Å². The summed E-state index contributed by atoms with van der Waals surface area (Å²) in [4.78, 5) is 18.6. The zero-order valence-corrected chi connectivity index (χ0v) is 18.6. The smallest absolute Gasteiger partial charge is 0.223 e. The van der Waals surface area contributed by atoms with Crippen LogP contribution in [0.3, 0.4) is 0 Å². The number of carbonyl (C=O) groups is 1. The average Bonchev–Trinajstić information content (AvgIpc) is 3.36. The molecule has 3 rings (SSSR count). The van der Waals surface area contributed by atoms with Gasteiger partial charge in [-0.05, 0) is 30.0 Å². The molecule has 2 heterocycles. The first-order valence-electron chi connectivity index (χ1n) is 9.53. The van der Waals surface area contributed by atoms with Crippen molar-refractivity contribution < 1.29 is 4.79 Å². The van der Waals surface area contributed by atoms with E-state index in [2.05, 4.69) is 32.9 Å². The molecule has 2 aromatic rings. The molecular formula is C20H29IN6O. The largest absolute Gasteiger partial charge is 0.356 e. The van der Waals surface area contributed by atoms with E-state index in [0.29, 0.717) is 6.42 Å². The van der Waals surface area contributed by atoms with Gasteiger partial charge in [0.15, 0.2) is 5.96 Å². The van der Waals surface area contributed by atoms with E-state index >= 15 is 0 Å². The van der Waals surface area contributed by atoms with E-state index in [1.54, 1.807) is 13.2 Å². The normalized spacial score (nSPS) is 13.0. The van der Waals surface area contributed by atoms with Gasteiger partial charge < -0.3 is 15.5 Å². The topological polar surface area (TPSA) is 74.6 Å². The maximum atomic E-state index is 12.4. The molecule has 8 heteroatoms. The van der Waals surface area contributed by atoms with Crippen LogP contribution in [0, 0.1) is 0 Å². The number of nitrogens with one attached hydrogen (secondary N) is 2. The van der Waals surface area contributed by atoms with E-state index in [0.717, 1.165) is 51.5 Å². The number of aliphatic imine (C=N–C) groups is 1. The van der Waals surface area contributed by atoms with Crippen LogP contribution in [0.4, 0.5) is 0 Å². The predicted octanol–water partition coefficient (Wildman–Crippen LogP) is 2.38. The first-order valence-corrected chi connectivity index (χ1v) is 9.53. The molecule has 28 heavy (non-hydrogen) atoms. The summed E-state index contributed by atoms with van der Waals surface area (Å²) in [5, 5.41) is 10.7. The number of halogens is 1. The average molecular weight is 496 g/mol. The van der Waals surface area contributed by atoms with Crippen LogP contribution >= 0.6 is 24.0 Å². The van der Waals surface area contributed by atoms with Gasteiger partial charge in [0.25, 0.3) is 0 Å². The van der Waals surface area contributed by atoms with Crippen LogP contribution in [0.2, 0.25) is 0 Å². The number of fused-ring (bicyclic) bond motifs is 1. The second-order valence-electron chi connectivity index (χ2n) is 6.67. The number of carbonyl (C=O) groups excluding carboxylic acids is 1. The van der Waals surface area contributed by atoms with Crippen molar-refractivity contribution in [3.05, 3.63) is 53.9 Å². The monoisotopic (exact) mass is 496 g/mol. The Bertz CT molecular complexity index is 737. The minimum absolute atomic E-state index is 0. The summed E-state index contributed by atoms with van der Waals surface area (Å²) in [6, 6.07) is 10.2. The highest BCUT2D eigenvalue weighted by atomic mass is 127. The van der Waals surface area contributed by atoms with Crippen molar-refractivity contribution >= 4 is 35.8 Å². The second kappa shape index (κ2) is 11.7.